The van der Waals surface area contributed by atoms with Gasteiger partial charge >= 0.3 is 5.97 Å². The average molecular weight is 420 g/mol. The highest BCUT2D eigenvalue weighted by molar-refractivity contribution is 7.89. The zero-order chi connectivity index (χ0) is 21.3. The maximum absolute atomic E-state index is 12.6. The molecule has 1 fully saturated rings. The van der Waals surface area contributed by atoms with Crippen LogP contribution in [0.5, 0.6) is 0 Å². The molecule has 0 unspecified atom stereocenters. The minimum absolute atomic E-state index is 0.0462. The van der Waals surface area contributed by atoms with Gasteiger partial charge in [-0.25, -0.2) is 18.4 Å². The molecule has 0 bridgehead atoms. The molecule has 1 aromatic carbocycles. The van der Waals surface area contributed by atoms with Gasteiger partial charge in [0, 0.05) is 24.0 Å². The Morgan fingerprint density at radius 3 is 2.41 bits per heavy atom. The van der Waals surface area contributed by atoms with Gasteiger partial charge in [-0.15, -0.1) is 0 Å². The molecule has 3 N–H and O–H groups in total. The summed E-state index contributed by atoms with van der Waals surface area (Å²) in [6.45, 7) is 5.68. The number of carbonyl (C=O) groups is 2. The average Bonchev–Trinajstić information content (AvgIpc) is 3.42. The number of aromatic nitrogens is 1. The smallest absolute Gasteiger partial charge is 0.340 e. The Bertz CT molecular complexity index is 1040. The fourth-order valence-electron chi connectivity index (χ4n) is 3.04. The van der Waals surface area contributed by atoms with Crippen molar-refractivity contribution >= 4 is 21.9 Å². The number of ether oxygens (including phenoxy) is 1. The Hall–Kier alpha value is -2.65. The molecule has 2 aromatic rings. The number of esters is 1. The third kappa shape index (κ3) is 5.04. The first kappa shape index (κ1) is 21.1. The first-order chi connectivity index (χ1) is 13.6. The molecule has 156 valence electrons. The van der Waals surface area contributed by atoms with Gasteiger partial charge in [0.05, 0.1) is 10.5 Å². The molecule has 1 aliphatic carbocycles. The monoisotopic (exact) mass is 419 g/mol. The minimum atomic E-state index is -3.74. The van der Waals surface area contributed by atoms with Crippen molar-refractivity contribution < 1.29 is 22.7 Å². The van der Waals surface area contributed by atoms with Gasteiger partial charge in [-0.05, 0) is 57.4 Å². The number of nitrogens with zero attached hydrogens (tertiary/aromatic N) is 1. The molecule has 3 rings (SSSR count). The molecule has 9 heteroatoms. The predicted molar refractivity (Wildman–Crippen MR) is 107 cm³/mol. The zero-order valence-electron chi connectivity index (χ0n) is 16.6. The minimum Gasteiger partial charge on any atom is -0.449 e. The Morgan fingerprint density at radius 2 is 1.86 bits per heavy atom. The topological polar surface area (TPSA) is 120 Å². The summed E-state index contributed by atoms with van der Waals surface area (Å²) in [5.41, 5.74) is 2.81. The summed E-state index contributed by atoms with van der Waals surface area (Å²) in [6.07, 6.45) is 1.06. The maximum atomic E-state index is 12.6. The summed E-state index contributed by atoms with van der Waals surface area (Å²) in [5, 5.41) is 7.94. The molecule has 1 heterocycles. The summed E-state index contributed by atoms with van der Waals surface area (Å²) < 4.78 is 30.0. The lowest BCUT2D eigenvalue weighted by atomic mass is 10.2. The SMILES string of the molecule is Cc1cc(C(=O)O[C@H](C)C(=O)NC2CC2)c(C)n1Cc1ccc(S(N)(=O)=O)cc1. The van der Waals surface area contributed by atoms with E-state index in [-0.39, 0.29) is 16.8 Å². The van der Waals surface area contributed by atoms with E-state index >= 15 is 0 Å². The standard InChI is InChI=1S/C20H25N3O5S/c1-12-10-18(20(25)28-14(3)19(24)22-16-6-7-16)13(2)23(12)11-15-4-8-17(9-5-15)29(21,26)27/h4-5,8-10,14,16H,6-7,11H2,1-3H3,(H,22,24)(H2,21,26,27)/t14-/m1/s1. The lowest BCUT2D eigenvalue weighted by Crippen LogP contribution is -2.37. The molecular weight excluding hydrogens is 394 g/mol. The van der Waals surface area contributed by atoms with Crippen LogP contribution in [-0.2, 0) is 26.1 Å². The van der Waals surface area contributed by atoms with Crippen LogP contribution in [0, 0.1) is 13.8 Å². The van der Waals surface area contributed by atoms with E-state index in [0.717, 1.165) is 24.1 Å². The molecule has 29 heavy (non-hydrogen) atoms. The summed E-state index contributed by atoms with van der Waals surface area (Å²) in [6, 6.07) is 8.20. The van der Waals surface area contributed by atoms with Crippen molar-refractivity contribution in [3.8, 4) is 0 Å². The molecule has 0 aliphatic heterocycles. The predicted octanol–water partition coefficient (Wildman–Crippen LogP) is 1.62. The van der Waals surface area contributed by atoms with E-state index < -0.39 is 22.1 Å². The van der Waals surface area contributed by atoms with Crippen molar-refractivity contribution in [2.75, 3.05) is 0 Å². The van der Waals surface area contributed by atoms with E-state index in [1.54, 1.807) is 32.0 Å². The van der Waals surface area contributed by atoms with E-state index in [1.807, 2.05) is 11.5 Å². The highest BCUT2D eigenvalue weighted by atomic mass is 32.2. The van der Waals surface area contributed by atoms with Gasteiger partial charge in [-0.2, -0.15) is 0 Å². The van der Waals surface area contributed by atoms with Crippen LogP contribution in [0.25, 0.3) is 0 Å². The van der Waals surface area contributed by atoms with E-state index in [4.69, 9.17) is 9.88 Å². The fraction of sp³-hybridized carbons (Fsp3) is 0.400. The molecule has 1 aromatic heterocycles. The van der Waals surface area contributed by atoms with Crippen molar-refractivity contribution in [3.63, 3.8) is 0 Å². The van der Waals surface area contributed by atoms with Gasteiger partial charge in [0.2, 0.25) is 10.0 Å². The number of hydrogen-bond donors (Lipinski definition) is 2. The second-order valence-corrected chi connectivity index (χ2v) is 8.95. The number of rotatable bonds is 7. The van der Waals surface area contributed by atoms with E-state index in [0.29, 0.717) is 17.8 Å². The van der Waals surface area contributed by atoms with Gasteiger partial charge in [0.1, 0.15) is 0 Å². The molecule has 0 radical (unpaired) electrons. The molecule has 1 atom stereocenters. The molecular formula is C20H25N3O5S. The number of amides is 1. The molecule has 8 nitrogen and oxygen atoms in total. The van der Waals surface area contributed by atoms with Crippen molar-refractivity contribution in [2.45, 2.75) is 57.2 Å². The van der Waals surface area contributed by atoms with Crippen molar-refractivity contribution in [3.05, 3.63) is 52.8 Å². The molecule has 1 aliphatic rings. The number of benzene rings is 1. The normalized spacial score (nSPS) is 15.0. The molecule has 1 saturated carbocycles. The third-order valence-corrected chi connectivity index (χ3v) is 5.89. The number of nitrogens with two attached hydrogens (primary N) is 1. The van der Waals surface area contributed by atoms with Gasteiger partial charge in [-0.3, -0.25) is 4.79 Å². The van der Waals surface area contributed by atoms with Crippen LogP contribution in [0.3, 0.4) is 0 Å². The van der Waals surface area contributed by atoms with Crippen LogP contribution in [0.4, 0.5) is 0 Å². The number of aryl methyl sites for hydroxylation is 1. The maximum Gasteiger partial charge on any atom is 0.340 e. The number of nitrogens with one attached hydrogen (secondary N) is 1. The second-order valence-electron chi connectivity index (χ2n) is 7.39. The Kier molecular flexibility index (Phi) is 5.81. The van der Waals surface area contributed by atoms with Gasteiger partial charge < -0.3 is 14.6 Å². The van der Waals surface area contributed by atoms with E-state index in [9.17, 15) is 18.0 Å². The lowest BCUT2D eigenvalue weighted by Gasteiger charge is -2.14. The van der Waals surface area contributed by atoms with Crippen molar-refractivity contribution in [2.24, 2.45) is 5.14 Å². The first-order valence-electron chi connectivity index (χ1n) is 9.36. The van der Waals surface area contributed by atoms with Gasteiger partial charge in [0.15, 0.2) is 6.10 Å². The van der Waals surface area contributed by atoms with Crippen LogP contribution in [-0.4, -0.2) is 37.0 Å². The van der Waals surface area contributed by atoms with E-state index in [1.165, 1.54) is 12.1 Å². The Balaban J connectivity index is 1.72. The number of hydrogen-bond acceptors (Lipinski definition) is 5. The summed E-state index contributed by atoms with van der Waals surface area (Å²) in [7, 11) is -3.74. The Morgan fingerprint density at radius 1 is 1.24 bits per heavy atom. The quantitative estimate of drug-likeness (QED) is 0.661. The largest absolute Gasteiger partial charge is 0.449 e. The highest BCUT2D eigenvalue weighted by Gasteiger charge is 2.28. The van der Waals surface area contributed by atoms with E-state index in [2.05, 4.69) is 5.32 Å². The second kappa shape index (κ2) is 8.00. The summed E-state index contributed by atoms with van der Waals surface area (Å²) >= 11 is 0. The molecule has 0 saturated heterocycles. The van der Waals surface area contributed by atoms with Crippen LogP contribution >= 0.6 is 0 Å². The van der Waals surface area contributed by atoms with Crippen LogP contribution in [0.15, 0.2) is 35.2 Å². The fourth-order valence-corrected chi connectivity index (χ4v) is 3.56. The van der Waals surface area contributed by atoms with Gasteiger partial charge in [-0.1, -0.05) is 12.1 Å². The Labute approximate surface area is 170 Å². The van der Waals surface area contributed by atoms with Crippen LogP contribution < -0.4 is 10.5 Å². The highest BCUT2D eigenvalue weighted by Crippen LogP contribution is 2.21. The number of sulfonamides is 1. The van der Waals surface area contributed by atoms with Gasteiger partial charge in [0.25, 0.3) is 5.91 Å². The van der Waals surface area contributed by atoms with Crippen LogP contribution in [0.1, 0.15) is 47.1 Å². The zero-order valence-corrected chi connectivity index (χ0v) is 17.5. The van der Waals surface area contributed by atoms with Crippen molar-refractivity contribution in [1.82, 2.24) is 9.88 Å². The molecule has 0 spiro atoms. The number of primary sulfonamides is 1. The number of carbonyl (C=O) groups excluding carboxylic acids is 2. The molecule has 1 amide bonds. The summed E-state index contributed by atoms with van der Waals surface area (Å²) in [5.74, 6) is -0.836. The summed E-state index contributed by atoms with van der Waals surface area (Å²) in [4.78, 5) is 24.6. The third-order valence-electron chi connectivity index (χ3n) is 4.96. The first-order valence-corrected chi connectivity index (χ1v) is 10.9. The van der Waals surface area contributed by atoms with Crippen molar-refractivity contribution in [1.29, 1.82) is 0 Å². The van der Waals surface area contributed by atoms with Crippen LogP contribution in [0.2, 0.25) is 0 Å². The lowest BCUT2D eigenvalue weighted by molar-refractivity contribution is -0.129.